The summed E-state index contributed by atoms with van der Waals surface area (Å²) in [5, 5.41) is 17.3. The van der Waals surface area contributed by atoms with Crippen molar-refractivity contribution in [3.63, 3.8) is 0 Å². The highest BCUT2D eigenvalue weighted by atomic mass is 16.5. The lowest BCUT2D eigenvalue weighted by molar-refractivity contribution is 0.122. The average Bonchev–Trinajstić information content (AvgIpc) is 3.29. The standard InChI is InChI=1S/C23H31N9O3/c1-34-19-11-17(30-7-9-35-10-8-30)4-5-18(19)27-23-28-22(24)32(29-23)21-12-20(25-15-26-21)31-6-2-3-16(13-31)14-33/h4-5,11-12,15-16,33H,2-3,6-10,13-14H2,1H3,(H3,24,27,28,29). The van der Waals surface area contributed by atoms with Crippen LogP contribution in [0.5, 0.6) is 5.75 Å². The van der Waals surface area contributed by atoms with E-state index in [1.165, 1.54) is 11.0 Å². The number of benzene rings is 1. The van der Waals surface area contributed by atoms with Crippen molar-refractivity contribution in [1.29, 1.82) is 0 Å². The fourth-order valence-corrected chi connectivity index (χ4v) is 4.52. The molecule has 4 heterocycles. The lowest BCUT2D eigenvalue weighted by Crippen LogP contribution is -2.37. The number of nitrogens with two attached hydrogens (primary N) is 1. The Balaban J connectivity index is 1.35. The minimum atomic E-state index is 0.177. The molecule has 0 saturated carbocycles. The molecule has 2 aromatic heterocycles. The van der Waals surface area contributed by atoms with E-state index in [1.807, 2.05) is 24.3 Å². The van der Waals surface area contributed by atoms with Gasteiger partial charge in [-0.25, -0.2) is 9.97 Å². The Hall–Kier alpha value is -3.64. The molecular weight excluding hydrogens is 450 g/mol. The number of nitrogen functional groups attached to an aromatic ring is 1. The van der Waals surface area contributed by atoms with Crippen LogP contribution in [0.2, 0.25) is 0 Å². The number of aliphatic hydroxyl groups is 1. The number of aliphatic hydroxyl groups excluding tert-OH is 1. The first-order valence-electron chi connectivity index (χ1n) is 11.8. The third kappa shape index (κ3) is 5.08. The van der Waals surface area contributed by atoms with E-state index >= 15 is 0 Å². The van der Waals surface area contributed by atoms with E-state index in [-0.39, 0.29) is 18.5 Å². The van der Waals surface area contributed by atoms with Gasteiger partial charge in [0.25, 0.3) is 0 Å². The van der Waals surface area contributed by atoms with Crippen LogP contribution in [0, 0.1) is 5.92 Å². The van der Waals surface area contributed by atoms with Crippen LogP contribution in [-0.2, 0) is 4.74 Å². The van der Waals surface area contributed by atoms with E-state index in [1.54, 1.807) is 7.11 Å². The molecule has 4 N–H and O–H groups in total. The van der Waals surface area contributed by atoms with Crippen molar-refractivity contribution >= 4 is 29.1 Å². The van der Waals surface area contributed by atoms with E-state index in [9.17, 15) is 5.11 Å². The second-order valence-electron chi connectivity index (χ2n) is 8.69. The summed E-state index contributed by atoms with van der Waals surface area (Å²) in [5.74, 6) is 2.76. The molecule has 12 heteroatoms. The summed E-state index contributed by atoms with van der Waals surface area (Å²) in [5.41, 5.74) is 7.99. The van der Waals surface area contributed by atoms with Crippen molar-refractivity contribution in [2.45, 2.75) is 12.8 Å². The zero-order chi connectivity index (χ0) is 24.2. The summed E-state index contributed by atoms with van der Waals surface area (Å²) in [6, 6.07) is 7.80. The molecule has 2 saturated heterocycles. The first-order valence-corrected chi connectivity index (χ1v) is 11.8. The maximum Gasteiger partial charge on any atom is 0.249 e. The van der Waals surface area contributed by atoms with E-state index in [0.717, 1.165) is 56.2 Å². The Morgan fingerprint density at radius 2 is 1.97 bits per heavy atom. The van der Waals surface area contributed by atoms with Gasteiger partial charge in [0.2, 0.25) is 11.9 Å². The molecule has 2 aliphatic heterocycles. The van der Waals surface area contributed by atoms with Crippen LogP contribution in [0.25, 0.3) is 5.82 Å². The van der Waals surface area contributed by atoms with E-state index < -0.39 is 0 Å². The maximum absolute atomic E-state index is 9.55. The van der Waals surface area contributed by atoms with Crippen molar-refractivity contribution < 1.29 is 14.6 Å². The number of hydrogen-bond donors (Lipinski definition) is 3. The van der Waals surface area contributed by atoms with Crippen LogP contribution in [0.15, 0.2) is 30.6 Å². The normalized spacial score (nSPS) is 18.5. The molecule has 0 aliphatic carbocycles. The highest BCUT2D eigenvalue weighted by Gasteiger charge is 2.22. The van der Waals surface area contributed by atoms with Gasteiger partial charge in [0.1, 0.15) is 17.9 Å². The Kier molecular flexibility index (Phi) is 6.82. The number of methoxy groups -OCH3 is 1. The zero-order valence-electron chi connectivity index (χ0n) is 19.8. The van der Waals surface area contributed by atoms with Gasteiger partial charge in [0, 0.05) is 50.6 Å². The topological polar surface area (TPSA) is 140 Å². The quantitative estimate of drug-likeness (QED) is 0.451. The Morgan fingerprint density at radius 1 is 1.14 bits per heavy atom. The summed E-state index contributed by atoms with van der Waals surface area (Å²) < 4.78 is 12.5. The summed E-state index contributed by atoms with van der Waals surface area (Å²) in [6.07, 6.45) is 3.53. The summed E-state index contributed by atoms with van der Waals surface area (Å²) in [7, 11) is 1.63. The third-order valence-corrected chi connectivity index (χ3v) is 6.40. The van der Waals surface area contributed by atoms with Gasteiger partial charge in [-0.1, -0.05) is 0 Å². The SMILES string of the molecule is COc1cc(N2CCOCC2)ccc1Nc1nc(N)n(-c2cc(N3CCCC(CO)C3)ncn2)n1. The lowest BCUT2D eigenvalue weighted by Gasteiger charge is -2.32. The van der Waals surface area contributed by atoms with Crippen molar-refractivity contribution in [3.05, 3.63) is 30.6 Å². The molecule has 2 aliphatic rings. The fourth-order valence-electron chi connectivity index (χ4n) is 4.52. The molecule has 186 valence electrons. The fraction of sp³-hybridized carbons (Fsp3) is 0.478. The molecule has 2 fully saturated rings. The van der Waals surface area contributed by atoms with Crippen LogP contribution in [0.3, 0.4) is 0 Å². The van der Waals surface area contributed by atoms with E-state index in [4.69, 9.17) is 15.2 Å². The highest BCUT2D eigenvalue weighted by molar-refractivity contribution is 5.68. The van der Waals surface area contributed by atoms with E-state index in [2.05, 4.69) is 35.2 Å². The molecule has 1 atom stereocenters. The summed E-state index contributed by atoms with van der Waals surface area (Å²) in [4.78, 5) is 17.5. The van der Waals surface area contributed by atoms with Gasteiger partial charge < -0.3 is 35.4 Å². The Morgan fingerprint density at radius 3 is 2.77 bits per heavy atom. The monoisotopic (exact) mass is 481 g/mol. The van der Waals surface area contributed by atoms with E-state index in [0.29, 0.717) is 30.7 Å². The molecule has 12 nitrogen and oxygen atoms in total. The molecule has 3 aromatic rings. The number of aromatic nitrogens is 5. The van der Waals surface area contributed by atoms with Crippen molar-refractivity contribution in [2.24, 2.45) is 5.92 Å². The second kappa shape index (κ2) is 10.3. The van der Waals surface area contributed by atoms with Crippen LogP contribution >= 0.6 is 0 Å². The second-order valence-corrected chi connectivity index (χ2v) is 8.69. The smallest absolute Gasteiger partial charge is 0.249 e. The molecule has 0 bridgehead atoms. The molecule has 1 aromatic carbocycles. The van der Waals surface area contributed by atoms with Gasteiger partial charge in [-0.2, -0.15) is 9.67 Å². The number of rotatable bonds is 7. The minimum absolute atomic E-state index is 0.177. The largest absolute Gasteiger partial charge is 0.494 e. The number of ether oxygens (including phenoxy) is 2. The zero-order valence-corrected chi connectivity index (χ0v) is 19.8. The van der Waals surface area contributed by atoms with Crippen molar-refractivity contribution in [1.82, 2.24) is 24.7 Å². The maximum atomic E-state index is 9.55. The summed E-state index contributed by atoms with van der Waals surface area (Å²) in [6.45, 7) is 4.94. The number of nitrogens with one attached hydrogen (secondary N) is 1. The third-order valence-electron chi connectivity index (χ3n) is 6.40. The molecule has 1 unspecified atom stereocenters. The molecular formula is C23H31N9O3. The molecule has 0 spiro atoms. The first-order chi connectivity index (χ1) is 17.1. The number of morpholine rings is 1. The van der Waals surface area contributed by atoms with Crippen molar-refractivity contribution in [3.8, 4) is 11.6 Å². The number of anilines is 5. The number of piperidine rings is 1. The van der Waals surface area contributed by atoms with Gasteiger partial charge in [-0.05, 0) is 30.9 Å². The molecule has 0 radical (unpaired) electrons. The predicted molar refractivity (Wildman–Crippen MR) is 133 cm³/mol. The number of hydrogen-bond acceptors (Lipinski definition) is 11. The summed E-state index contributed by atoms with van der Waals surface area (Å²) >= 11 is 0. The van der Waals surface area contributed by atoms with Gasteiger partial charge in [-0.15, -0.1) is 5.10 Å². The Labute approximate surface area is 203 Å². The minimum Gasteiger partial charge on any atom is -0.494 e. The predicted octanol–water partition coefficient (Wildman–Crippen LogP) is 1.44. The Bertz CT molecular complexity index is 1150. The van der Waals surface area contributed by atoms with Gasteiger partial charge in [0.05, 0.1) is 26.0 Å². The van der Waals surface area contributed by atoms with Gasteiger partial charge in [-0.3, -0.25) is 0 Å². The first kappa shape index (κ1) is 23.1. The molecule has 35 heavy (non-hydrogen) atoms. The van der Waals surface area contributed by atoms with Crippen LogP contribution in [0.1, 0.15) is 12.8 Å². The molecule has 0 amide bonds. The highest BCUT2D eigenvalue weighted by Crippen LogP contribution is 2.32. The van der Waals surface area contributed by atoms with Crippen LogP contribution < -0.4 is 25.6 Å². The van der Waals surface area contributed by atoms with Crippen LogP contribution in [0.4, 0.5) is 29.1 Å². The van der Waals surface area contributed by atoms with Gasteiger partial charge in [0.15, 0.2) is 5.82 Å². The number of nitrogens with zero attached hydrogens (tertiary/aromatic N) is 7. The van der Waals surface area contributed by atoms with Crippen LogP contribution in [-0.4, -0.2) is 82.9 Å². The average molecular weight is 482 g/mol. The lowest BCUT2D eigenvalue weighted by atomic mass is 9.99. The molecule has 5 rings (SSSR count). The van der Waals surface area contributed by atoms with Gasteiger partial charge >= 0.3 is 0 Å². The van der Waals surface area contributed by atoms with Crippen molar-refractivity contribution in [2.75, 3.05) is 74.0 Å².